The van der Waals surface area contributed by atoms with Gasteiger partial charge in [0.2, 0.25) is 0 Å². The molecule has 0 aliphatic carbocycles. The Hall–Kier alpha value is -3.39. The van der Waals surface area contributed by atoms with E-state index >= 15 is 0 Å². The van der Waals surface area contributed by atoms with Crippen LogP contribution >= 0.6 is 0 Å². The van der Waals surface area contributed by atoms with Crippen LogP contribution in [0, 0.1) is 12.7 Å². The van der Waals surface area contributed by atoms with E-state index in [4.69, 9.17) is 4.74 Å². The minimum atomic E-state index is -4.08. The third-order valence-electron chi connectivity index (χ3n) is 4.81. The number of benzene rings is 3. The standard InChI is InChI=1S/C23H23FN2O4S/c1-16-12-13-18(31(28,29)25-21-10-6-5-9-20(21)24)14-19(16)23(27)26(2)15-17-8-4-7-11-22(17)30-3/h4-14,25H,15H2,1-3H3. The molecule has 3 rings (SSSR count). The Labute approximate surface area is 181 Å². The topological polar surface area (TPSA) is 75.7 Å². The van der Waals surface area contributed by atoms with Crippen LogP contribution in [0.15, 0.2) is 71.6 Å². The van der Waals surface area contributed by atoms with Crippen molar-refractivity contribution in [3.8, 4) is 5.75 Å². The molecule has 1 N–H and O–H groups in total. The molecule has 8 heteroatoms. The third kappa shape index (κ3) is 5.03. The van der Waals surface area contributed by atoms with E-state index < -0.39 is 15.8 Å². The first kappa shape index (κ1) is 22.3. The van der Waals surface area contributed by atoms with Gasteiger partial charge in [0, 0.05) is 24.7 Å². The molecule has 0 atom stereocenters. The van der Waals surface area contributed by atoms with E-state index in [1.165, 1.54) is 35.2 Å². The van der Waals surface area contributed by atoms with Crippen LogP contribution in [0.4, 0.5) is 10.1 Å². The highest BCUT2D eigenvalue weighted by Crippen LogP contribution is 2.23. The third-order valence-corrected chi connectivity index (χ3v) is 6.18. The molecule has 0 aromatic heterocycles. The number of hydrogen-bond donors (Lipinski definition) is 1. The highest BCUT2D eigenvalue weighted by atomic mass is 32.2. The van der Waals surface area contributed by atoms with Gasteiger partial charge in [0.15, 0.2) is 0 Å². The van der Waals surface area contributed by atoms with Crippen LogP contribution in [0.2, 0.25) is 0 Å². The van der Waals surface area contributed by atoms with E-state index in [9.17, 15) is 17.6 Å². The number of methoxy groups -OCH3 is 1. The molecule has 6 nitrogen and oxygen atoms in total. The number of aryl methyl sites for hydroxylation is 1. The minimum absolute atomic E-state index is 0.129. The van der Waals surface area contributed by atoms with Gasteiger partial charge in [-0.15, -0.1) is 0 Å². The van der Waals surface area contributed by atoms with Gasteiger partial charge in [-0.25, -0.2) is 12.8 Å². The molecule has 0 unspecified atom stereocenters. The lowest BCUT2D eigenvalue weighted by molar-refractivity contribution is 0.0783. The molecule has 3 aromatic rings. The molecule has 0 fully saturated rings. The first-order valence-electron chi connectivity index (χ1n) is 9.48. The first-order valence-corrected chi connectivity index (χ1v) is 11.0. The number of rotatable bonds is 7. The fourth-order valence-corrected chi connectivity index (χ4v) is 4.21. The highest BCUT2D eigenvalue weighted by Gasteiger charge is 2.21. The van der Waals surface area contributed by atoms with Crippen LogP contribution in [0.1, 0.15) is 21.5 Å². The number of ether oxygens (including phenoxy) is 1. The molecule has 3 aromatic carbocycles. The summed E-state index contributed by atoms with van der Waals surface area (Å²) >= 11 is 0. The van der Waals surface area contributed by atoms with Gasteiger partial charge in [-0.1, -0.05) is 36.4 Å². The van der Waals surface area contributed by atoms with E-state index in [0.717, 1.165) is 11.6 Å². The summed E-state index contributed by atoms with van der Waals surface area (Å²) in [5, 5.41) is 0. The minimum Gasteiger partial charge on any atom is -0.496 e. The maximum atomic E-state index is 13.9. The summed E-state index contributed by atoms with van der Waals surface area (Å²) in [4.78, 5) is 14.4. The average Bonchev–Trinajstić information content (AvgIpc) is 2.75. The zero-order valence-corrected chi connectivity index (χ0v) is 18.2. The lowest BCUT2D eigenvalue weighted by Gasteiger charge is -2.20. The molecule has 1 amide bonds. The van der Waals surface area contributed by atoms with E-state index in [-0.39, 0.29) is 28.6 Å². The summed E-state index contributed by atoms with van der Waals surface area (Å²) in [5.41, 5.74) is 1.53. The SMILES string of the molecule is COc1ccccc1CN(C)C(=O)c1cc(S(=O)(=O)Nc2ccccc2F)ccc1C. The van der Waals surface area contributed by atoms with Crippen molar-refractivity contribution in [2.24, 2.45) is 0 Å². The van der Waals surface area contributed by atoms with Crippen molar-refractivity contribution in [3.05, 3.63) is 89.2 Å². The number of para-hydroxylation sites is 2. The molecular weight excluding hydrogens is 419 g/mol. The Bertz CT molecular complexity index is 1210. The Kier molecular flexibility index (Phi) is 6.60. The number of amides is 1. The van der Waals surface area contributed by atoms with Crippen molar-refractivity contribution in [1.82, 2.24) is 4.90 Å². The van der Waals surface area contributed by atoms with Crippen molar-refractivity contribution in [2.45, 2.75) is 18.4 Å². The fraction of sp³-hybridized carbons (Fsp3) is 0.174. The van der Waals surface area contributed by atoms with E-state index in [1.807, 2.05) is 18.2 Å². The van der Waals surface area contributed by atoms with Crippen LogP contribution in [0.3, 0.4) is 0 Å². The number of halogens is 1. The monoisotopic (exact) mass is 442 g/mol. The quantitative estimate of drug-likeness (QED) is 0.595. The van der Waals surface area contributed by atoms with Gasteiger partial charge >= 0.3 is 0 Å². The number of nitrogens with zero attached hydrogens (tertiary/aromatic N) is 1. The summed E-state index contributed by atoms with van der Waals surface area (Å²) in [7, 11) is -0.895. The second-order valence-electron chi connectivity index (χ2n) is 7.04. The summed E-state index contributed by atoms with van der Waals surface area (Å²) in [5.74, 6) is -0.373. The normalized spacial score (nSPS) is 11.1. The average molecular weight is 443 g/mol. The molecule has 0 radical (unpaired) electrons. The maximum absolute atomic E-state index is 13.9. The van der Waals surface area contributed by atoms with Crippen LogP contribution in [0.5, 0.6) is 5.75 Å². The summed E-state index contributed by atoms with van der Waals surface area (Å²) < 4.78 is 47.0. The van der Waals surface area contributed by atoms with Gasteiger partial charge in [-0.2, -0.15) is 0 Å². The number of carbonyl (C=O) groups excluding carboxylic acids is 1. The number of carbonyl (C=O) groups is 1. The van der Waals surface area contributed by atoms with Gasteiger partial charge in [0.05, 0.1) is 17.7 Å². The second-order valence-corrected chi connectivity index (χ2v) is 8.72. The van der Waals surface area contributed by atoms with E-state index in [0.29, 0.717) is 11.3 Å². The molecule has 0 saturated heterocycles. The molecule has 0 aliphatic heterocycles. The van der Waals surface area contributed by atoms with Gasteiger partial charge in [-0.05, 0) is 42.8 Å². The van der Waals surface area contributed by atoms with Gasteiger partial charge < -0.3 is 9.64 Å². The smallest absolute Gasteiger partial charge is 0.262 e. The Morgan fingerprint density at radius 2 is 1.74 bits per heavy atom. The fourth-order valence-electron chi connectivity index (χ4n) is 3.11. The van der Waals surface area contributed by atoms with Crippen molar-refractivity contribution < 1.29 is 22.3 Å². The zero-order chi connectivity index (χ0) is 22.6. The largest absolute Gasteiger partial charge is 0.496 e. The van der Waals surface area contributed by atoms with Crippen LogP contribution < -0.4 is 9.46 Å². The molecule has 0 aliphatic rings. The van der Waals surface area contributed by atoms with Crippen molar-refractivity contribution in [2.75, 3.05) is 18.9 Å². The zero-order valence-electron chi connectivity index (χ0n) is 17.4. The van der Waals surface area contributed by atoms with Crippen LogP contribution in [-0.2, 0) is 16.6 Å². The number of hydrogen-bond acceptors (Lipinski definition) is 4. The molecule has 0 heterocycles. The Morgan fingerprint density at radius 1 is 1.06 bits per heavy atom. The Morgan fingerprint density at radius 3 is 2.45 bits per heavy atom. The molecule has 31 heavy (non-hydrogen) atoms. The van der Waals surface area contributed by atoms with Crippen molar-refractivity contribution in [1.29, 1.82) is 0 Å². The van der Waals surface area contributed by atoms with Crippen LogP contribution in [-0.4, -0.2) is 33.4 Å². The molecule has 162 valence electrons. The first-order chi connectivity index (χ1) is 14.7. The Balaban J connectivity index is 1.88. The molecule has 0 bridgehead atoms. The van der Waals surface area contributed by atoms with E-state index in [2.05, 4.69) is 4.72 Å². The van der Waals surface area contributed by atoms with Crippen molar-refractivity contribution >= 4 is 21.6 Å². The highest BCUT2D eigenvalue weighted by molar-refractivity contribution is 7.92. The predicted octanol–water partition coefficient (Wildman–Crippen LogP) is 4.22. The molecular formula is C23H23FN2O4S. The summed E-state index contributed by atoms with van der Waals surface area (Å²) in [6.45, 7) is 2.01. The second kappa shape index (κ2) is 9.18. The van der Waals surface area contributed by atoms with Crippen molar-refractivity contribution in [3.63, 3.8) is 0 Å². The number of anilines is 1. The lowest BCUT2D eigenvalue weighted by Crippen LogP contribution is -2.27. The van der Waals surface area contributed by atoms with E-state index in [1.54, 1.807) is 33.2 Å². The predicted molar refractivity (Wildman–Crippen MR) is 117 cm³/mol. The molecule has 0 spiro atoms. The van der Waals surface area contributed by atoms with Crippen LogP contribution in [0.25, 0.3) is 0 Å². The summed E-state index contributed by atoms with van der Waals surface area (Å²) in [6, 6.07) is 17.1. The number of sulfonamides is 1. The number of nitrogens with one attached hydrogen (secondary N) is 1. The van der Waals surface area contributed by atoms with Gasteiger partial charge in [0.25, 0.3) is 15.9 Å². The van der Waals surface area contributed by atoms with Gasteiger partial charge in [-0.3, -0.25) is 9.52 Å². The lowest BCUT2D eigenvalue weighted by atomic mass is 10.1. The van der Waals surface area contributed by atoms with Gasteiger partial charge in [0.1, 0.15) is 11.6 Å². The molecule has 0 saturated carbocycles. The maximum Gasteiger partial charge on any atom is 0.262 e. The summed E-state index contributed by atoms with van der Waals surface area (Å²) in [6.07, 6.45) is 0.